The summed E-state index contributed by atoms with van der Waals surface area (Å²) >= 11 is 0. The van der Waals surface area contributed by atoms with Crippen LogP contribution >= 0.6 is 0 Å². The Bertz CT molecular complexity index is 195. The van der Waals surface area contributed by atoms with Crippen molar-refractivity contribution in [3.8, 4) is 0 Å². The Labute approximate surface area is 88.2 Å². The van der Waals surface area contributed by atoms with E-state index in [1.54, 1.807) is 0 Å². The zero-order valence-corrected chi connectivity index (χ0v) is 9.88. The maximum atomic E-state index is 6.13. The van der Waals surface area contributed by atoms with Crippen molar-refractivity contribution in [1.29, 1.82) is 0 Å². The van der Waals surface area contributed by atoms with Gasteiger partial charge in [-0.1, -0.05) is 27.2 Å². The highest BCUT2D eigenvalue weighted by atomic mass is 16.5. The first-order valence-corrected chi connectivity index (χ1v) is 6.35. The monoisotopic (exact) mass is 196 g/mol. The van der Waals surface area contributed by atoms with Gasteiger partial charge >= 0.3 is 0 Å². The van der Waals surface area contributed by atoms with Crippen molar-refractivity contribution in [2.24, 2.45) is 17.8 Å². The summed E-state index contributed by atoms with van der Waals surface area (Å²) in [5, 5.41) is 0. The Morgan fingerprint density at radius 1 is 1.21 bits per heavy atom. The number of hydrogen-bond acceptors (Lipinski definition) is 1. The van der Waals surface area contributed by atoms with Gasteiger partial charge in [-0.25, -0.2) is 0 Å². The molecule has 0 amide bonds. The number of rotatable bonds is 2. The zero-order valence-electron chi connectivity index (χ0n) is 9.88. The molecular weight excluding hydrogens is 172 g/mol. The molecule has 0 spiro atoms. The van der Waals surface area contributed by atoms with Crippen LogP contribution in [0.5, 0.6) is 0 Å². The normalized spacial score (nSPS) is 40.9. The van der Waals surface area contributed by atoms with E-state index in [-0.39, 0.29) is 5.60 Å². The molecule has 1 aliphatic carbocycles. The van der Waals surface area contributed by atoms with Crippen molar-refractivity contribution >= 4 is 0 Å². The van der Waals surface area contributed by atoms with Crippen LogP contribution in [0.3, 0.4) is 0 Å². The summed E-state index contributed by atoms with van der Waals surface area (Å²) in [6, 6.07) is 0. The Morgan fingerprint density at radius 3 is 2.57 bits per heavy atom. The molecule has 0 aromatic heterocycles. The van der Waals surface area contributed by atoms with Crippen molar-refractivity contribution in [3.63, 3.8) is 0 Å². The fourth-order valence-electron chi connectivity index (χ4n) is 3.65. The standard InChI is InChI=1S/C13H24O/c1-4-13(5-2)12-8-10(3)6-7-11(12)9-14-13/h10-12H,4-9H2,1-3H3. The lowest BCUT2D eigenvalue weighted by molar-refractivity contribution is -0.0340. The highest BCUT2D eigenvalue weighted by molar-refractivity contribution is 4.98. The van der Waals surface area contributed by atoms with E-state index in [2.05, 4.69) is 20.8 Å². The minimum atomic E-state index is 0.249. The Balaban J connectivity index is 2.14. The second-order valence-electron chi connectivity index (χ2n) is 5.37. The van der Waals surface area contributed by atoms with Gasteiger partial charge in [0.1, 0.15) is 0 Å². The molecule has 0 N–H and O–H groups in total. The first-order valence-electron chi connectivity index (χ1n) is 6.35. The summed E-state index contributed by atoms with van der Waals surface area (Å²) in [7, 11) is 0. The topological polar surface area (TPSA) is 9.23 Å². The lowest BCUT2D eigenvalue weighted by atomic mass is 9.67. The van der Waals surface area contributed by atoms with E-state index in [0.717, 1.165) is 24.4 Å². The highest BCUT2D eigenvalue weighted by Gasteiger charge is 2.48. The largest absolute Gasteiger partial charge is 0.374 e. The van der Waals surface area contributed by atoms with E-state index in [1.807, 2.05) is 0 Å². The second kappa shape index (κ2) is 3.84. The molecule has 0 radical (unpaired) electrons. The van der Waals surface area contributed by atoms with Crippen molar-refractivity contribution in [2.75, 3.05) is 6.61 Å². The molecule has 1 heterocycles. The first kappa shape index (κ1) is 10.5. The molecule has 14 heavy (non-hydrogen) atoms. The molecule has 3 unspecified atom stereocenters. The SMILES string of the molecule is CCC1(CC)OCC2CCC(C)CC21. The third-order valence-electron chi connectivity index (χ3n) is 4.71. The third kappa shape index (κ3) is 1.50. The Kier molecular flexibility index (Phi) is 2.88. The fourth-order valence-corrected chi connectivity index (χ4v) is 3.65. The molecule has 2 aliphatic rings. The summed E-state index contributed by atoms with van der Waals surface area (Å²) in [6.45, 7) is 8.04. The molecule has 0 aromatic carbocycles. The molecular formula is C13H24O. The van der Waals surface area contributed by atoms with Crippen molar-refractivity contribution in [3.05, 3.63) is 0 Å². The van der Waals surface area contributed by atoms with Crippen LogP contribution in [0.15, 0.2) is 0 Å². The van der Waals surface area contributed by atoms with Crippen LogP contribution in [0.25, 0.3) is 0 Å². The van der Waals surface area contributed by atoms with Crippen molar-refractivity contribution in [2.45, 2.75) is 58.5 Å². The van der Waals surface area contributed by atoms with E-state index in [1.165, 1.54) is 32.1 Å². The molecule has 1 saturated heterocycles. The smallest absolute Gasteiger partial charge is 0.0709 e. The van der Waals surface area contributed by atoms with Gasteiger partial charge in [0.25, 0.3) is 0 Å². The van der Waals surface area contributed by atoms with Gasteiger partial charge in [-0.2, -0.15) is 0 Å². The minimum absolute atomic E-state index is 0.249. The van der Waals surface area contributed by atoms with E-state index in [0.29, 0.717) is 0 Å². The molecule has 3 atom stereocenters. The molecule has 82 valence electrons. The highest BCUT2D eigenvalue weighted by Crippen LogP contribution is 2.49. The van der Waals surface area contributed by atoms with Crippen molar-refractivity contribution < 1.29 is 4.74 Å². The fraction of sp³-hybridized carbons (Fsp3) is 1.00. The van der Waals surface area contributed by atoms with Gasteiger partial charge in [0.2, 0.25) is 0 Å². The van der Waals surface area contributed by atoms with Gasteiger partial charge in [0.05, 0.1) is 12.2 Å². The predicted molar refractivity (Wildman–Crippen MR) is 59.3 cm³/mol. The molecule has 1 aliphatic heterocycles. The second-order valence-corrected chi connectivity index (χ2v) is 5.37. The molecule has 1 saturated carbocycles. The number of hydrogen-bond donors (Lipinski definition) is 0. The lowest BCUT2D eigenvalue weighted by Crippen LogP contribution is -2.38. The Morgan fingerprint density at radius 2 is 1.93 bits per heavy atom. The van der Waals surface area contributed by atoms with E-state index in [4.69, 9.17) is 4.74 Å². The molecule has 2 rings (SSSR count). The van der Waals surface area contributed by atoms with Crippen LogP contribution in [0.1, 0.15) is 52.9 Å². The van der Waals surface area contributed by atoms with Crippen LogP contribution in [0, 0.1) is 17.8 Å². The third-order valence-corrected chi connectivity index (χ3v) is 4.71. The maximum Gasteiger partial charge on any atom is 0.0709 e. The quantitative estimate of drug-likeness (QED) is 0.655. The van der Waals surface area contributed by atoms with Crippen LogP contribution in [-0.2, 0) is 4.74 Å². The van der Waals surface area contributed by atoms with Crippen molar-refractivity contribution in [1.82, 2.24) is 0 Å². The van der Waals surface area contributed by atoms with Gasteiger partial charge in [-0.3, -0.25) is 0 Å². The molecule has 0 bridgehead atoms. The first-order chi connectivity index (χ1) is 6.72. The summed E-state index contributed by atoms with van der Waals surface area (Å²) < 4.78 is 6.13. The van der Waals surface area contributed by atoms with E-state index < -0.39 is 0 Å². The van der Waals surface area contributed by atoms with Crippen LogP contribution in [0.4, 0.5) is 0 Å². The molecule has 2 fully saturated rings. The Hall–Kier alpha value is -0.0400. The van der Waals surface area contributed by atoms with Crippen LogP contribution in [0.2, 0.25) is 0 Å². The summed E-state index contributed by atoms with van der Waals surface area (Å²) in [5.41, 5.74) is 0.249. The molecule has 1 nitrogen and oxygen atoms in total. The van der Waals surface area contributed by atoms with Gasteiger partial charge < -0.3 is 4.74 Å². The molecule has 0 aromatic rings. The molecule has 1 heteroatoms. The lowest BCUT2D eigenvalue weighted by Gasteiger charge is -2.38. The summed E-state index contributed by atoms with van der Waals surface area (Å²) in [6.07, 6.45) is 6.66. The summed E-state index contributed by atoms with van der Waals surface area (Å²) in [5.74, 6) is 2.67. The van der Waals surface area contributed by atoms with Crippen LogP contribution < -0.4 is 0 Å². The number of ether oxygens (including phenoxy) is 1. The van der Waals surface area contributed by atoms with Gasteiger partial charge in [-0.05, 0) is 43.4 Å². The van der Waals surface area contributed by atoms with E-state index in [9.17, 15) is 0 Å². The van der Waals surface area contributed by atoms with Crippen LogP contribution in [-0.4, -0.2) is 12.2 Å². The van der Waals surface area contributed by atoms with Gasteiger partial charge in [0, 0.05) is 0 Å². The predicted octanol–water partition coefficient (Wildman–Crippen LogP) is 3.63. The maximum absolute atomic E-state index is 6.13. The zero-order chi connectivity index (χ0) is 10.2. The van der Waals surface area contributed by atoms with Gasteiger partial charge in [0.15, 0.2) is 0 Å². The minimum Gasteiger partial charge on any atom is -0.374 e. The van der Waals surface area contributed by atoms with E-state index >= 15 is 0 Å². The number of fused-ring (bicyclic) bond motifs is 1. The average Bonchev–Trinajstić information content (AvgIpc) is 2.57. The summed E-state index contributed by atoms with van der Waals surface area (Å²) in [4.78, 5) is 0. The average molecular weight is 196 g/mol. The van der Waals surface area contributed by atoms with Gasteiger partial charge in [-0.15, -0.1) is 0 Å².